The van der Waals surface area contributed by atoms with Crippen LogP contribution in [-0.4, -0.2) is 41.1 Å². The Bertz CT molecular complexity index is 523. The molecule has 5 nitrogen and oxygen atoms in total. The van der Waals surface area contributed by atoms with E-state index in [0.717, 1.165) is 12.8 Å². The van der Waals surface area contributed by atoms with Crippen molar-refractivity contribution in [3.8, 4) is 5.75 Å². The fraction of sp³-hybridized carbons (Fsp3) is 0.467. The number of hydrogen-bond acceptors (Lipinski definition) is 4. The Morgan fingerprint density at radius 2 is 2.10 bits per heavy atom. The van der Waals surface area contributed by atoms with Gasteiger partial charge in [-0.05, 0) is 38.8 Å². The van der Waals surface area contributed by atoms with Gasteiger partial charge in [0.2, 0.25) is 0 Å². The lowest BCUT2D eigenvalue weighted by Gasteiger charge is -2.22. The predicted molar refractivity (Wildman–Crippen MR) is 73.5 cm³/mol. The van der Waals surface area contributed by atoms with Crippen LogP contribution in [0.2, 0.25) is 0 Å². The molecule has 1 fully saturated rings. The van der Waals surface area contributed by atoms with Crippen LogP contribution in [0.4, 0.5) is 0 Å². The average molecular weight is 277 g/mol. The molecule has 1 N–H and O–H groups in total. The first-order chi connectivity index (χ1) is 9.54. The zero-order chi connectivity index (χ0) is 14.7. The zero-order valence-electron chi connectivity index (χ0n) is 11.8. The Morgan fingerprint density at radius 1 is 1.40 bits per heavy atom. The molecule has 0 spiro atoms. The summed E-state index contributed by atoms with van der Waals surface area (Å²) in [6, 6.07) is 4.94. The van der Waals surface area contributed by atoms with Crippen LogP contribution >= 0.6 is 0 Å². The van der Waals surface area contributed by atoms with Gasteiger partial charge in [0, 0.05) is 17.2 Å². The number of aromatic hydroxyl groups is 1. The van der Waals surface area contributed by atoms with Crippen molar-refractivity contribution < 1.29 is 19.4 Å². The van der Waals surface area contributed by atoms with Crippen LogP contribution in [0, 0.1) is 6.92 Å². The maximum absolute atomic E-state index is 12.5. The van der Waals surface area contributed by atoms with Crippen LogP contribution in [-0.2, 0) is 9.53 Å². The number of amides is 1. The summed E-state index contributed by atoms with van der Waals surface area (Å²) in [4.78, 5) is 25.7. The molecule has 1 amide bonds. The SMILES string of the molecule is CCOC(=O)CN(C(=O)c1cccc(O)c1C)C1CC1. The third kappa shape index (κ3) is 3.10. The van der Waals surface area contributed by atoms with E-state index in [4.69, 9.17) is 4.74 Å². The number of nitrogens with zero attached hydrogens (tertiary/aromatic N) is 1. The van der Waals surface area contributed by atoms with Crippen molar-refractivity contribution in [2.45, 2.75) is 32.7 Å². The number of phenolic OH excluding ortho intramolecular Hbond substituents is 1. The molecule has 1 saturated carbocycles. The molecule has 20 heavy (non-hydrogen) atoms. The highest BCUT2D eigenvalue weighted by atomic mass is 16.5. The van der Waals surface area contributed by atoms with Crippen LogP contribution < -0.4 is 0 Å². The van der Waals surface area contributed by atoms with Crippen molar-refractivity contribution in [1.82, 2.24) is 4.90 Å². The minimum absolute atomic E-state index is 0.0353. The molecule has 0 unspecified atom stereocenters. The van der Waals surface area contributed by atoms with Gasteiger partial charge in [0.25, 0.3) is 5.91 Å². The maximum Gasteiger partial charge on any atom is 0.325 e. The number of carbonyl (C=O) groups excluding carboxylic acids is 2. The first kappa shape index (κ1) is 14.4. The Hall–Kier alpha value is -2.04. The molecule has 0 saturated heterocycles. The maximum atomic E-state index is 12.5. The molecule has 0 aromatic heterocycles. The third-order valence-electron chi connectivity index (χ3n) is 3.39. The van der Waals surface area contributed by atoms with Crippen LogP contribution in [0.25, 0.3) is 0 Å². The minimum Gasteiger partial charge on any atom is -0.508 e. The number of ether oxygens (including phenoxy) is 1. The Balaban J connectivity index is 2.19. The van der Waals surface area contributed by atoms with Gasteiger partial charge in [-0.1, -0.05) is 6.07 Å². The second-order valence-electron chi connectivity index (χ2n) is 4.92. The van der Waals surface area contributed by atoms with Gasteiger partial charge in [0.05, 0.1) is 6.61 Å². The highest BCUT2D eigenvalue weighted by Gasteiger charge is 2.35. The van der Waals surface area contributed by atoms with Crippen molar-refractivity contribution in [2.24, 2.45) is 0 Å². The Morgan fingerprint density at radius 3 is 2.70 bits per heavy atom. The van der Waals surface area contributed by atoms with E-state index in [-0.39, 0.29) is 24.2 Å². The lowest BCUT2D eigenvalue weighted by atomic mass is 10.1. The molecule has 0 bridgehead atoms. The van der Waals surface area contributed by atoms with E-state index >= 15 is 0 Å². The zero-order valence-corrected chi connectivity index (χ0v) is 11.8. The third-order valence-corrected chi connectivity index (χ3v) is 3.39. The fourth-order valence-electron chi connectivity index (χ4n) is 2.11. The summed E-state index contributed by atoms with van der Waals surface area (Å²) in [6.07, 6.45) is 1.81. The summed E-state index contributed by atoms with van der Waals surface area (Å²) in [6.45, 7) is 3.70. The molecule has 5 heteroatoms. The molecule has 0 atom stereocenters. The summed E-state index contributed by atoms with van der Waals surface area (Å²) in [7, 11) is 0. The minimum atomic E-state index is -0.398. The number of phenols is 1. The standard InChI is InChI=1S/C15H19NO4/c1-3-20-14(18)9-16(11-7-8-11)15(19)12-5-4-6-13(17)10(12)2/h4-6,11,17H,3,7-9H2,1-2H3. The average Bonchev–Trinajstić information content (AvgIpc) is 3.23. The van der Waals surface area contributed by atoms with Crippen LogP contribution in [0.1, 0.15) is 35.7 Å². The normalized spacial score (nSPS) is 13.9. The molecule has 1 aromatic rings. The summed E-state index contributed by atoms with van der Waals surface area (Å²) in [5, 5.41) is 9.69. The van der Waals surface area contributed by atoms with Crippen LogP contribution in [0.5, 0.6) is 5.75 Å². The molecule has 1 aliphatic rings. The van der Waals surface area contributed by atoms with Crippen molar-refractivity contribution in [3.05, 3.63) is 29.3 Å². The number of carbonyl (C=O) groups is 2. The summed E-state index contributed by atoms with van der Waals surface area (Å²) in [5.41, 5.74) is 0.966. The number of hydrogen-bond donors (Lipinski definition) is 1. The second-order valence-corrected chi connectivity index (χ2v) is 4.92. The highest BCUT2D eigenvalue weighted by Crippen LogP contribution is 2.30. The van der Waals surface area contributed by atoms with E-state index in [2.05, 4.69) is 0 Å². The van der Waals surface area contributed by atoms with E-state index in [0.29, 0.717) is 17.7 Å². The second kappa shape index (κ2) is 5.94. The first-order valence-electron chi connectivity index (χ1n) is 6.79. The number of benzene rings is 1. The fourth-order valence-corrected chi connectivity index (χ4v) is 2.11. The molecular weight excluding hydrogens is 258 g/mol. The van der Waals surface area contributed by atoms with Gasteiger partial charge < -0.3 is 14.7 Å². The molecule has 2 rings (SSSR count). The van der Waals surface area contributed by atoms with Gasteiger partial charge in [0.15, 0.2) is 0 Å². The van der Waals surface area contributed by atoms with Crippen molar-refractivity contribution >= 4 is 11.9 Å². The molecule has 0 aliphatic heterocycles. The largest absolute Gasteiger partial charge is 0.508 e. The Kier molecular flexibility index (Phi) is 4.27. The Labute approximate surface area is 118 Å². The van der Waals surface area contributed by atoms with Gasteiger partial charge in [-0.25, -0.2) is 0 Å². The lowest BCUT2D eigenvalue weighted by Crippen LogP contribution is -2.38. The van der Waals surface area contributed by atoms with Crippen molar-refractivity contribution in [1.29, 1.82) is 0 Å². The van der Waals surface area contributed by atoms with Crippen molar-refractivity contribution in [3.63, 3.8) is 0 Å². The molecular formula is C15H19NO4. The number of rotatable bonds is 5. The quantitative estimate of drug-likeness (QED) is 0.834. The molecule has 0 heterocycles. The predicted octanol–water partition coefficient (Wildman–Crippen LogP) is 1.87. The van der Waals surface area contributed by atoms with Crippen LogP contribution in [0.3, 0.4) is 0 Å². The highest BCUT2D eigenvalue weighted by molar-refractivity contribution is 5.98. The summed E-state index contributed by atoms with van der Waals surface area (Å²) >= 11 is 0. The van der Waals surface area contributed by atoms with E-state index in [1.165, 1.54) is 0 Å². The van der Waals surface area contributed by atoms with E-state index < -0.39 is 5.97 Å². The first-order valence-corrected chi connectivity index (χ1v) is 6.79. The smallest absolute Gasteiger partial charge is 0.325 e. The number of esters is 1. The molecule has 1 aromatic carbocycles. The topological polar surface area (TPSA) is 66.8 Å². The molecule has 108 valence electrons. The lowest BCUT2D eigenvalue weighted by molar-refractivity contribution is -0.144. The van der Waals surface area contributed by atoms with Crippen LogP contribution in [0.15, 0.2) is 18.2 Å². The van der Waals surface area contributed by atoms with Gasteiger partial charge >= 0.3 is 5.97 Å². The van der Waals surface area contributed by atoms with E-state index in [9.17, 15) is 14.7 Å². The summed E-state index contributed by atoms with van der Waals surface area (Å²) in [5.74, 6) is -0.540. The van der Waals surface area contributed by atoms with Crippen molar-refractivity contribution in [2.75, 3.05) is 13.2 Å². The summed E-state index contributed by atoms with van der Waals surface area (Å²) < 4.78 is 4.91. The van der Waals surface area contributed by atoms with E-state index in [1.54, 1.807) is 36.9 Å². The van der Waals surface area contributed by atoms with Gasteiger partial charge in [0.1, 0.15) is 12.3 Å². The van der Waals surface area contributed by atoms with Gasteiger partial charge in [-0.2, -0.15) is 0 Å². The molecule has 1 aliphatic carbocycles. The van der Waals surface area contributed by atoms with E-state index in [1.807, 2.05) is 0 Å². The molecule has 0 radical (unpaired) electrons. The van der Waals surface area contributed by atoms with Gasteiger partial charge in [-0.3, -0.25) is 9.59 Å². The monoisotopic (exact) mass is 277 g/mol. The van der Waals surface area contributed by atoms with Gasteiger partial charge in [-0.15, -0.1) is 0 Å².